The van der Waals surface area contributed by atoms with Gasteiger partial charge >= 0.3 is 6.09 Å². The van der Waals surface area contributed by atoms with E-state index < -0.39 is 6.09 Å². The van der Waals surface area contributed by atoms with E-state index in [4.69, 9.17) is 4.74 Å². The summed E-state index contributed by atoms with van der Waals surface area (Å²) in [7, 11) is 1.30. The van der Waals surface area contributed by atoms with Crippen molar-refractivity contribution < 1.29 is 14.3 Å². The highest BCUT2D eigenvalue weighted by atomic mass is 16.5. The van der Waals surface area contributed by atoms with Crippen molar-refractivity contribution in [2.24, 2.45) is 5.10 Å². The molecule has 1 amide bonds. The Morgan fingerprint density at radius 2 is 1.95 bits per heavy atom. The number of anilines is 1. The van der Waals surface area contributed by atoms with Gasteiger partial charge in [-0.05, 0) is 24.6 Å². The summed E-state index contributed by atoms with van der Waals surface area (Å²) in [5, 5.41) is 3.97. The number of carbonyl (C=O) groups is 1. The number of nitrogens with zero attached hydrogens (tertiary/aromatic N) is 2. The number of hydrogen-bond donors (Lipinski definition) is 1. The lowest BCUT2D eigenvalue weighted by Crippen LogP contribution is -2.36. The molecule has 1 aromatic carbocycles. The van der Waals surface area contributed by atoms with E-state index in [2.05, 4.69) is 32.3 Å². The number of benzene rings is 1. The van der Waals surface area contributed by atoms with Crippen LogP contribution < -0.4 is 10.3 Å². The molecule has 1 N–H and O–H groups in total. The van der Waals surface area contributed by atoms with Gasteiger partial charge in [0, 0.05) is 18.8 Å². The summed E-state index contributed by atoms with van der Waals surface area (Å²) in [5.41, 5.74) is 5.16. The molecular weight excluding hydrogens is 258 g/mol. The zero-order valence-corrected chi connectivity index (χ0v) is 11.8. The van der Waals surface area contributed by atoms with Gasteiger partial charge in [-0.1, -0.05) is 12.1 Å². The van der Waals surface area contributed by atoms with Crippen LogP contribution in [0.3, 0.4) is 0 Å². The van der Waals surface area contributed by atoms with Crippen LogP contribution in [0.4, 0.5) is 10.5 Å². The minimum absolute atomic E-state index is 0.575. The molecule has 0 bridgehead atoms. The third-order valence-electron chi connectivity index (χ3n) is 3.16. The predicted molar refractivity (Wildman–Crippen MR) is 77.2 cm³/mol. The first-order valence-corrected chi connectivity index (χ1v) is 6.52. The van der Waals surface area contributed by atoms with E-state index >= 15 is 0 Å². The van der Waals surface area contributed by atoms with Gasteiger partial charge in [0.15, 0.2) is 0 Å². The first-order chi connectivity index (χ1) is 9.70. The van der Waals surface area contributed by atoms with E-state index in [0.29, 0.717) is 0 Å². The monoisotopic (exact) mass is 277 g/mol. The molecule has 1 heterocycles. The quantitative estimate of drug-likeness (QED) is 0.673. The van der Waals surface area contributed by atoms with E-state index in [0.717, 1.165) is 37.6 Å². The van der Waals surface area contributed by atoms with Crippen molar-refractivity contribution in [3.8, 4) is 0 Å². The lowest BCUT2D eigenvalue weighted by molar-refractivity contribution is 0.122. The third-order valence-corrected chi connectivity index (χ3v) is 3.16. The Kier molecular flexibility index (Phi) is 4.95. The second-order valence-electron chi connectivity index (χ2n) is 4.45. The van der Waals surface area contributed by atoms with Gasteiger partial charge in [-0.2, -0.15) is 5.10 Å². The molecule has 1 aromatic rings. The normalized spacial score (nSPS) is 15.9. The van der Waals surface area contributed by atoms with Gasteiger partial charge in [-0.3, -0.25) is 0 Å². The van der Waals surface area contributed by atoms with Crippen molar-refractivity contribution in [3.63, 3.8) is 0 Å². The molecule has 1 aliphatic rings. The van der Waals surface area contributed by atoms with Gasteiger partial charge in [-0.25, -0.2) is 10.2 Å². The molecule has 1 fully saturated rings. The molecular formula is C14H19N3O3. The topological polar surface area (TPSA) is 63.2 Å². The van der Waals surface area contributed by atoms with Crippen LogP contribution in [-0.2, 0) is 9.47 Å². The molecule has 0 aliphatic carbocycles. The van der Waals surface area contributed by atoms with Crippen LogP contribution in [0.2, 0.25) is 0 Å². The zero-order chi connectivity index (χ0) is 14.4. The van der Waals surface area contributed by atoms with Crippen LogP contribution in [-0.4, -0.2) is 45.2 Å². The summed E-state index contributed by atoms with van der Waals surface area (Å²) in [5.74, 6) is 0. The average molecular weight is 277 g/mol. The molecule has 6 heteroatoms. The number of methoxy groups -OCH3 is 1. The Hall–Kier alpha value is -2.08. The van der Waals surface area contributed by atoms with E-state index in [-0.39, 0.29) is 0 Å². The van der Waals surface area contributed by atoms with Crippen LogP contribution >= 0.6 is 0 Å². The number of nitrogens with one attached hydrogen (secondary N) is 1. The van der Waals surface area contributed by atoms with Gasteiger partial charge in [0.25, 0.3) is 0 Å². The molecule has 6 nitrogen and oxygen atoms in total. The summed E-state index contributed by atoms with van der Waals surface area (Å²) >= 11 is 0. The van der Waals surface area contributed by atoms with Crippen LogP contribution in [0.1, 0.15) is 12.5 Å². The minimum atomic E-state index is -0.575. The van der Waals surface area contributed by atoms with Gasteiger partial charge in [0.05, 0.1) is 26.0 Å². The molecule has 0 unspecified atom stereocenters. The fourth-order valence-electron chi connectivity index (χ4n) is 1.97. The number of rotatable bonds is 3. The summed E-state index contributed by atoms with van der Waals surface area (Å²) in [6.45, 7) is 5.20. The van der Waals surface area contributed by atoms with Crippen LogP contribution in [0.15, 0.2) is 29.4 Å². The largest absolute Gasteiger partial charge is 0.452 e. The fourth-order valence-corrected chi connectivity index (χ4v) is 1.97. The number of carbonyl (C=O) groups excluding carboxylic acids is 1. The summed E-state index contributed by atoms with van der Waals surface area (Å²) in [6, 6.07) is 8.08. The molecule has 1 aliphatic heterocycles. The van der Waals surface area contributed by atoms with E-state index in [9.17, 15) is 4.79 Å². The van der Waals surface area contributed by atoms with E-state index in [1.807, 2.05) is 19.1 Å². The predicted octanol–water partition coefficient (Wildman–Crippen LogP) is 1.60. The molecule has 1 saturated heterocycles. The Balaban J connectivity index is 2.01. The number of morpholine rings is 1. The highest BCUT2D eigenvalue weighted by molar-refractivity contribution is 5.99. The number of hydrazone groups is 1. The minimum Gasteiger partial charge on any atom is -0.452 e. The lowest BCUT2D eigenvalue weighted by atomic mass is 10.1. The molecule has 108 valence electrons. The molecule has 0 aromatic heterocycles. The lowest BCUT2D eigenvalue weighted by Gasteiger charge is -2.28. The molecule has 0 radical (unpaired) electrons. The van der Waals surface area contributed by atoms with Gasteiger partial charge in [0.2, 0.25) is 0 Å². The van der Waals surface area contributed by atoms with Crippen molar-refractivity contribution in [1.29, 1.82) is 0 Å². The maximum absolute atomic E-state index is 10.9. The molecule has 0 saturated carbocycles. The maximum Gasteiger partial charge on any atom is 0.427 e. The van der Waals surface area contributed by atoms with Crippen molar-refractivity contribution in [2.75, 3.05) is 38.3 Å². The van der Waals surface area contributed by atoms with Crippen molar-refractivity contribution >= 4 is 17.5 Å². The first kappa shape index (κ1) is 14.3. The van der Waals surface area contributed by atoms with Gasteiger partial charge in [-0.15, -0.1) is 0 Å². The zero-order valence-electron chi connectivity index (χ0n) is 11.8. The van der Waals surface area contributed by atoms with Gasteiger partial charge < -0.3 is 14.4 Å². The summed E-state index contributed by atoms with van der Waals surface area (Å²) < 4.78 is 9.79. The fraction of sp³-hybridized carbons (Fsp3) is 0.429. The Bertz CT molecular complexity index is 479. The Labute approximate surface area is 118 Å². The van der Waals surface area contributed by atoms with Crippen molar-refractivity contribution in [1.82, 2.24) is 5.43 Å². The highest BCUT2D eigenvalue weighted by Gasteiger charge is 2.11. The SMILES string of the molecule is COC(=O)N/N=C(/C)c1ccc(N2CCOCC2)cc1. The van der Waals surface area contributed by atoms with Crippen LogP contribution in [0, 0.1) is 0 Å². The number of ether oxygens (including phenoxy) is 2. The Morgan fingerprint density at radius 1 is 1.30 bits per heavy atom. The van der Waals surface area contributed by atoms with Gasteiger partial charge in [0.1, 0.15) is 0 Å². The van der Waals surface area contributed by atoms with E-state index in [1.54, 1.807) is 0 Å². The van der Waals surface area contributed by atoms with Crippen molar-refractivity contribution in [3.05, 3.63) is 29.8 Å². The van der Waals surface area contributed by atoms with Crippen LogP contribution in [0.5, 0.6) is 0 Å². The second kappa shape index (κ2) is 6.91. The van der Waals surface area contributed by atoms with Crippen LogP contribution in [0.25, 0.3) is 0 Å². The average Bonchev–Trinajstić information content (AvgIpc) is 2.53. The number of hydrogen-bond acceptors (Lipinski definition) is 5. The number of amides is 1. The molecule has 0 atom stereocenters. The standard InChI is InChI=1S/C14H19N3O3/c1-11(15-16-14(18)19-2)12-3-5-13(6-4-12)17-7-9-20-10-8-17/h3-6H,7-10H2,1-2H3,(H,16,18)/b15-11-. The van der Waals surface area contributed by atoms with Crippen molar-refractivity contribution in [2.45, 2.75) is 6.92 Å². The maximum atomic E-state index is 10.9. The summed E-state index contributed by atoms with van der Waals surface area (Å²) in [6.07, 6.45) is -0.575. The van der Waals surface area contributed by atoms with E-state index in [1.165, 1.54) is 12.8 Å². The molecule has 0 spiro atoms. The third kappa shape index (κ3) is 3.71. The Morgan fingerprint density at radius 3 is 2.55 bits per heavy atom. The smallest absolute Gasteiger partial charge is 0.427 e. The second-order valence-corrected chi connectivity index (χ2v) is 4.45. The highest BCUT2D eigenvalue weighted by Crippen LogP contribution is 2.16. The molecule has 20 heavy (non-hydrogen) atoms. The first-order valence-electron chi connectivity index (χ1n) is 6.52. The summed E-state index contributed by atoms with van der Waals surface area (Å²) in [4.78, 5) is 13.2. The molecule has 2 rings (SSSR count).